The Kier molecular flexibility index (Phi) is 43.7. The molecule has 0 aliphatic rings. The van der Waals surface area contributed by atoms with Crippen LogP contribution in [-0.4, -0.2) is 24.5 Å². The third-order valence-corrected chi connectivity index (χ3v) is 12.0. The van der Waals surface area contributed by atoms with Crippen LogP contribution in [0.5, 0.6) is 0 Å². The highest BCUT2D eigenvalue weighted by atomic mass is 15.1. The van der Waals surface area contributed by atoms with E-state index < -0.39 is 0 Å². The zero-order valence-electron chi connectivity index (χ0n) is 37.9. The van der Waals surface area contributed by atoms with Gasteiger partial charge in [-0.2, -0.15) is 0 Å². The summed E-state index contributed by atoms with van der Waals surface area (Å²) in [5, 5.41) is 0. The molecule has 0 aromatic heterocycles. The highest BCUT2D eigenvalue weighted by molar-refractivity contribution is 4.61. The Labute approximate surface area is 333 Å². The SMILES string of the molecule is CC(C)CCCCCCCCCCCCCCN(CCCCCCCCCCCCCCC(C)C)CCCCCCCCCCCCCCC(C)C. The van der Waals surface area contributed by atoms with Crippen molar-refractivity contribution in [1.29, 1.82) is 0 Å². The first-order chi connectivity index (χ1) is 25.4. The first-order valence-corrected chi connectivity index (χ1v) is 25.1. The van der Waals surface area contributed by atoms with E-state index in [1.54, 1.807) is 0 Å². The quantitative estimate of drug-likeness (QED) is 0.0564. The maximum absolute atomic E-state index is 2.88. The minimum atomic E-state index is 0.889. The van der Waals surface area contributed by atoms with Gasteiger partial charge < -0.3 is 4.90 Å². The topological polar surface area (TPSA) is 3.24 Å². The smallest absolute Gasteiger partial charge is 0.00187 e. The van der Waals surface area contributed by atoms with Crippen molar-refractivity contribution >= 4 is 0 Å². The van der Waals surface area contributed by atoms with Crippen LogP contribution in [0.3, 0.4) is 0 Å². The molecule has 0 amide bonds. The summed E-state index contributed by atoms with van der Waals surface area (Å²) in [4.78, 5) is 2.88. The largest absolute Gasteiger partial charge is 0.303 e. The van der Waals surface area contributed by atoms with Crippen LogP contribution in [0.1, 0.15) is 292 Å². The van der Waals surface area contributed by atoms with Crippen LogP contribution < -0.4 is 0 Å². The van der Waals surface area contributed by atoms with E-state index in [-0.39, 0.29) is 0 Å². The Balaban J connectivity index is 3.96. The van der Waals surface area contributed by atoms with Gasteiger partial charge in [0.2, 0.25) is 0 Å². The van der Waals surface area contributed by atoms with Crippen molar-refractivity contribution in [2.75, 3.05) is 19.6 Å². The van der Waals surface area contributed by atoms with Crippen molar-refractivity contribution < 1.29 is 0 Å². The number of hydrogen-bond donors (Lipinski definition) is 0. The zero-order valence-corrected chi connectivity index (χ0v) is 37.9. The Bertz CT molecular complexity index is 537. The van der Waals surface area contributed by atoms with Gasteiger partial charge in [-0.05, 0) is 56.7 Å². The summed E-state index contributed by atoms with van der Waals surface area (Å²) in [6.07, 6.45) is 57.2. The number of rotatable bonds is 45. The molecule has 314 valence electrons. The summed E-state index contributed by atoms with van der Waals surface area (Å²) < 4.78 is 0. The van der Waals surface area contributed by atoms with Crippen LogP contribution in [0.25, 0.3) is 0 Å². The minimum absolute atomic E-state index is 0.889. The lowest BCUT2D eigenvalue weighted by Gasteiger charge is -2.22. The second-order valence-corrected chi connectivity index (χ2v) is 19.1. The molecule has 0 aromatic rings. The number of nitrogens with zero attached hydrogens (tertiary/aromatic N) is 1. The summed E-state index contributed by atoms with van der Waals surface area (Å²) in [6.45, 7) is 18.3. The summed E-state index contributed by atoms with van der Waals surface area (Å²) in [5.74, 6) is 2.67. The molecule has 0 fully saturated rings. The van der Waals surface area contributed by atoms with Gasteiger partial charge in [-0.1, -0.05) is 273 Å². The molecule has 0 N–H and O–H groups in total. The van der Waals surface area contributed by atoms with Crippen molar-refractivity contribution in [2.45, 2.75) is 292 Å². The monoisotopic (exact) mass is 732 g/mol. The van der Waals surface area contributed by atoms with E-state index in [9.17, 15) is 0 Å². The molecule has 0 saturated carbocycles. The van der Waals surface area contributed by atoms with Gasteiger partial charge in [-0.3, -0.25) is 0 Å². The second kappa shape index (κ2) is 43.7. The summed E-state index contributed by atoms with van der Waals surface area (Å²) in [7, 11) is 0. The van der Waals surface area contributed by atoms with Gasteiger partial charge in [-0.25, -0.2) is 0 Å². The summed E-state index contributed by atoms with van der Waals surface area (Å²) in [6, 6.07) is 0. The maximum Gasteiger partial charge on any atom is -0.00187 e. The average Bonchev–Trinajstić information content (AvgIpc) is 3.11. The highest BCUT2D eigenvalue weighted by Gasteiger charge is 2.06. The summed E-state index contributed by atoms with van der Waals surface area (Å²) in [5.41, 5.74) is 0. The molecule has 0 heterocycles. The molecule has 0 aliphatic heterocycles. The van der Waals surface area contributed by atoms with Crippen LogP contribution in [0.15, 0.2) is 0 Å². The molecule has 0 aromatic carbocycles. The lowest BCUT2D eigenvalue weighted by atomic mass is 10.0. The van der Waals surface area contributed by atoms with Crippen LogP contribution in [0.4, 0.5) is 0 Å². The number of unbranched alkanes of at least 4 members (excludes halogenated alkanes) is 33. The molecule has 0 aliphatic carbocycles. The molecule has 0 saturated heterocycles. The Morgan fingerprint density at radius 2 is 0.327 bits per heavy atom. The standard InChI is InChI=1S/C51H105N/c1-49(2)43-37-31-25-19-13-7-10-16-22-28-34-40-46-52(47-41-35-29-23-17-11-8-14-20-26-32-38-44-50(3)4)48-42-36-30-24-18-12-9-15-21-27-33-39-45-51(5)6/h49-51H,7-48H2,1-6H3. The van der Waals surface area contributed by atoms with Crippen molar-refractivity contribution in [3.63, 3.8) is 0 Å². The van der Waals surface area contributed by atoms with E-state index in [0.717, 1.165) is 17.8 Å². The third kappa shape index (κ3) is 46.1. The van der Waals surface area contributed by atoms with Crippen molar-refractivity contribution in [3.8, 4) is 0 Å². The van der Waals surface area contributed by atoms with Gasteiger partial charge in [0.1, 0.15) is 0 Å². The van der Waals surface area contributed by atoms with Crippen molar-refractivity contribution in [1.82, 2.24) is 4.90 Å². The molecule has 0 rings (SSSR count). The molecule has 0 spiro atoms. The average molecular weight is 732 g/mol. The Hall–Kier alpha value is -0.0400. The molecular formula is C51H105N. The van der Waals surface area contributed by atoms with Crippen LogP contribution in [0, 0.1) is 17.8 Å². The van der Waals surface area contributed by atoms with E-state index in [4.69, 9.17) is 0 Å². The molecule has 0 atom stereocenters. The molecular weight excluding hydrogens is 627 g/mol. The van der Waals surface area contributed by atoms with Gasteiger partial charge in [0, 0.05) is 0 Å². The summed E-state index contributed by atoms with van der Waals surface area (Å²) >= 11 is 0. The first kappa shape index (κ1) is 52.0. The first-order valence-electron chi connectivity index (χ1n) is 25.1. The minimum Gasteiger partial charge on any atom is -0.303 e. The van der Waals surface area contributed by atoms with E-state index >= 15 is 0 Å². The van der Waals surface area contributed by atoms with E-state index in [1.807, 2.05) is 0 Å². The van der Waals surface area contributed by atoms with Gasteiger partial charge in [0.05, 0.1) is 0 Å². The van der Waals surface area contributed by atoms with E-state index in [1.165, 1.54) is 270 Å². The zero-order chi connectivity index (χ0) is 38.0. The van der Waals surface area contributed by atoms with Gasteiger partial charge in [0.25, 0.3) is 0 Å². The van der Waals surface area contributed by atoms with Gasteiger partial charge in [-0.15, -0.1) is 0 Å². The molecule has 0 unspecified atom stereocenters. The highest BCUT2D eigenvalue weighted by Crippen LogP contribution is 2.18. The van der Waals surface area contributed by atoms with E-state index in [2.05, 4.69) is 46.4 Å². The lowest BCUT2D eigenvalue weighted by molar-refractivity contribution is 0.254. The Morgan fingerprint density at radius 3 is 0.481 bits per heavy atom. The van der Waals surface area contributed by atoms with Gasteiger partial charge >= 0.3 is 0 Å². The predicted octanol–water partition coefficient (Wildman–Crippen LogP) is 18.5. The Morgan fingerprint density at radius 1 is 0.192 bits per heavy atom. The van der Waals surface area contributed by atoms with Crippen molar-refractivity contribution in [3.05, 3.63) is 0 Å². The lowest BCUT2D eigenvalue weighted by Crippen LogP contribution is -2.27. The normalized spacial score (nSPS) is 12.1. The molecule has 1 nitrogen and oxygen atoms in total. The fraction of sp³-hybridized carbons (Fsp3) is 1.00. The molecule has 0 bridgehead atoms. The maximum atomic E-state index is 2.88. The second-order valence-electron chi connectivity index (χ2n) is 19.1. The van der Waals surface area contributed by atoms with Crippen LogP contribution in [-0.2, 0) is 0 Å². The third-order valence-electron chi connectivity index (χ3n) is 12.0. The predicted molar refractivity (Wildman–Crippen MR) is 241 cm³/mol. The van der Waals surface area contributed by atoms with Gasteiger partial charge in [0.15, 0.2) is 0 Å². The van der Waals surface area contributed by atoms with E-state index in [0.29, 0.717) is 0 Å². The van der Waals surface area contributed by atoms with Crippen LogP contribution >= 0.6 is 0 Å². The molecule has 1 heteroatoms. The van der Waals surface area contributed by atoms with Crippen molar-refractivity contribution in [2.24, 2.45) is 17.8 Å². The fourth-order valence-corrected chi connectivity index (χ4v) is 8.30. The molecule has 52 heavy (non-hydrogen) atoms. The van der Waals surface area contributed by atoms with Crippen LogP contribution in [0.2, 0.25) is 0 Å². The fourth-order valence-electron chi connectivity index (χ4n) is 8.30. The number of hydrogen-bond acceptors (Lipinski definition) is 1. The molecule has 0 radical (unpaired) electrons.